The van der Waals surface area contributed by atoms with Crippen LogP contribution < -0.4 is 16.2 Å². The Bertz CT molecular complexity index is 395. The molecule has 16 heavy (non-hydrogen) atoms. The first kappa shape index (κ1) is 12.0. The van der Waals surface area contributed by atoms with E-state index < -0.39 is 17.8 Å². The third-order valence-corrected chi connectivity index (χ3v) is 1.71. The van der Waals surface area contributed by atoms with Crippen LogP contribution in [0.5, 0.6) is 0 Å². The van der Waals surface area contributed by atoms with Crippen LogP contribution in [-0.2, 0) is 0 Å². The lowest BCUT2D eigenvalue weighted by molar-refractivity contribution is 0.0936. The highest BCUT2D eigenvalue weighted by molar-refractivity contribution is 5.95. The van der Waals surface area contributed by atoms with Crippen molar-refractivity contribution in [3.05, 3.63) is 35.6 Å². The second kappa shape index (κ2) is 5.69. The maximum atomic E-state index is 12.8. The number of hydrazine groups is 1. The molecule has 0 atom stereocenters. The maximum Gasteiger partial charge on any atom is 0.333 e. The van der Waals surface area contributed by atoms with Crippen LogP contribution in [0.1, 0.15) is 17.3 Å². The molecule has 1 aromatic rings. The Morgan fingerprint density at radius 3 is 2.69 bits per heavy atom. The summed E-state index contributed by atoms with van der Waals surface area (Å²) in [6.45, 7) is 2.19. The van der Waals surface area contributed by atoms with E-state index in [1.165, 1.54) is 18.2 Å². The van der Waals surface area contributed by atoms with Crippen LogP contribution in [0.25, 0.3) is 0 Å². The van der Waals surface area contributed by atoms with Crippen molar-refractivity contribution in [1.82, 2.24) is 16.2 Å². The summed E-state index contributed by atoms with van der Waals surface area (Å²) < 4.78 is 12.8. The summed E-state index contributed by atoms with van der Waals surface area (Å²) in [5.41, 5.74) is 4.41. The van der Waals surface area contributed by atoms with Crippen molar-refractivity contribution in [3.63, 3.8) is 0 Å². The molecule has 0 spiro atoms. The first-order chi connectivity index (χ1) is 7.63. The van der Waals surface area contributed by atoms with E-state index in [9.17, 15) is 14.0 Å². The van der Waals surface area contributed by atoms with Gasteiger partial charge in [-0.05, 0) is 25.1 Å². The fourth-order valence-electron chi connectivity index (χ4n) is 1.02. The van der Waals surface area contributed by atoms with Gasteiger partial charge in [0.1, 0.15) is 5.82 Å². The number of carbonyl (C=O) groups is 2. The van der Waals surface area contributed by atoms with Crippen LogP contribution in [0, 0.1) is 5.82 Å². The van der Waals surface area contributed by atoms with E-state index in [1.807, 2.05) is 0 Å². The Hall–Kier alpha value is -2.11. The molecule has 0 aliphatic heterocycles. The number of urea groups is 1. The summed E-state index contributed by atoms with van der Waals surface area (Å²) in [5, 5.41) is 2.42. The van der Waals surface area contributed by atoms with Crippen LogP contribution in [0.2, 0.25) is 0 Å². The summed E-state index contributed by atoms with van der Waals surface area (Å²) in [6.07, 6.45) is 0. The van der Waals surface area contributed by atoms with Gasteiger partial charge in [0.05, 0.1) is 0 Å². The molecule has 0 aromatic heterocycles. The number of hydrogen-bond donors (Lipinski definition) is 3. The van der Waals surface area contributed by atoms with Crippen molar-refractivity contribution in [2.24, 2.45) is 0 Å². The molecule has 1 rings (SSSR count). The van der Waals surface area contributed by atoms with E-state index in [0.29, 0.717) is 6.54 Å². The van der Waals surface area contributed by atoms with Gasteiger partial charge < -0.3 is 5.32 Å². The molecule has 0 heterocycles. The summed E-state index contributed by atoms with van der Waals surface area (Å²) >= 11 is 0. The van der Waals surface area contributed by atoms with Gasteiger partial charge in [-0.25, -0.2) is 14.6 Å². The lowest BCUT2D eigenvalue weighted by atomic mass is 10.2. The second-order valence-electron chi connectivity index (χ2n) is 2.95. The molecule has 0 aliphatic carbocycles. The molecule has 0 saturated heterocycles. The highest BCUT2D eigenvalue weighted by Gasteiger charge is 2.06. The van der Waals surface area contributed by atoms with E-state index in [2.05, 4.69) is 16.2 Å². The minimum absolute atomic E-state index is 0.136. The first-order valence-electron chi connectivity index (χ1n) is 4.73. The molecule has 0 aliphatic rings. The average Bonchev–Trinajstić information content (AvgIpc) is 2.26. The van der Waals surface area contributed by atoms with E-state index in [4.69, 9.17) is 0 Å². The molecule has 0 unspecified atom stereocenters. The molecule has 0 radical (unpaired) electrons. The van der Waals surface area contributed by atoms with E-state index in [-0.39, 0.29) is 5.56 Å². The van der Waals surface area contributed by atoms with Crippen molar-refractivity contribution < 1.29 is 14.0 Å². The Kier molecular flexibility index (Phi) is 4.26. The number of carbonyl (C=O) groups excluding carboxylic acids is 2. The maximum absolute atomic E-state index is 12.8. The van der Waals surface area contributed by atoms with Crippen LogP contribution in [-0.4, -0.2) is 18.5 Å². The summed E-state index contributed by atoms with van der Waals surface area (Å²) in [7, 11) is 0. The second-order valence-corrected chi connectivity index (χ2v) is 2.95. The SMILES string of the molecule is CCNC(=O)NNC(=O)c1cccc(F)c1. The fraction of sp³-hybridized carbons (Fsp3) is 0.200. The number of nitrogens with one attached hydrogen (secondary N) is 3. The van der Waals surface area contributed by atoms with Gasteiger partial charge in [0, 0.05) is 12.1 Å². The van der Waals surface area contributed by atoms with Gasteiger partial charge >= 0.3 is 6.03 Å². The van der Waals surface area contributed by atoms with Crippen molar-refractivity contribution in [3.8, 4) is 0 Å². The number of rotatable bonds is 2. The predicted molar refractivity (Wildman–Crippen MR) is 56.1 cm³/mol. The number of hydrogen-bond acceptors (Lipinski definition) is 2. The molecule has 1 aromatic carbocycles. The zero-order valence-corrected chi connectivity index (χ0v) is 8.71. The topological polar surface area (TPSA) is 70.2 Å². The van der Waals surface area contributed by atoms with Gasteiger partial charge in [0.2, 0.25) is 0 Å². The first-order valence-corrected chi connectivity index (χ1v) is 4.73. The molecular weight excluding hydrogens is 213 g/mol. The molecule has 3 amide bonds. The molecular formula is C10H12FN3O2. The van der Waals surface area contributed by atoms with Crippen molar-refractivity contribution in [2.75, 3.05) is 6.54 Å². The monoisotopic (exact) mass is 225 g/mol. The molecule has 0 bridgehead atoms. The summed E-state index contributed by atoms with van der Waals surface area (Å²) in [6, 6.07) is 4.64. The lowest BCUT2D eigenvalue weighted by Gasteiger charge is -2.07. The van der Waals surface area contributed by atoms with Gasteiger partial charge in [0.15, 0.2) is 0 Å². The zero-order chi connectivity index (χ0) is 12.0. The van der Waals surface area contributed by atoms with Crippen molar-refractivity contribution in [1.29, 1.82) is 0 Å². The van der Waals surface area contributed by atoms with Crippen molar-refractivity contribution in [2.45, 2.75) is 6.92 Å². The highest BCUT2D eigenvalue weighted by atomic mass is 19.1. The third kappa shape index (κ3) is 3.56. The molecule has 0 fully saturated rings. The van der Waals surface area contributed by atoms with E-state index in [0.717, 1.165) is 6.07 Å². The Balaban J connectivity index is 2.50. The standard InChI is InChI=1S/C10H12FN3O2/c1-2-12-10(16)14-13-9(15)7-4-3-5-8(11)6-7/h3-6H,2H2,1H3,(H,13,15)(H2,12,14,16). The van der Waals surface area contributed by atoms with Gasteiger partial charge in [-0.2, -0.15) is 0 Å². The minimum Gasteiger partial charge on any atom is -0.337 e. The van der Waals surface area contributed by atoms with Gasteiger partial charge in [-0.15, -0.1) is 0 Å². The Labute approximate surface area is 92.0 Å². The van der Waals surface area contributed by atoms with Crippen LogP contribution in [0.4, 0.5) is 9.18 Å². The molecule has 6 heteroatoms. The summed E-state index contributed by atoms with van der Waals surface area (Å²) in [4.78, 5) is 22.3. The van der Waals surface area contributed by atoms with Crippen LogP contribution >= 0.6 is 0 Å². The molecule has 86 valence electrons. The Morgan fingerprint density at radius 1 is 1.31 bits per heavy atom. The molecule has 5 nitrogen and oxygen atoms in total. The van der Waals surface area contributed by atoms with Gasteiger partial charge in [0.25, 0.3) is 5.91 Å². The number of benzene rings is 1. The lowest BCUT2D eigenvalue weighted by Crippen LogP contribution is -2.46. The van der Waals surface area contributed by atoms with Gasteiger partial charge in [-0.3, -0.25) is 10.2 Å². The normalized spacial score (nSPS) is 9.38. The Morgan fingerprint density at radius 2 is 2.06 bits per heavy atom. The number of halogens is 1. The van der Waals surface area contributed by atoms with Crippen LogP contribution in [0.3, 0.4) is 0 Å². The van der Waals surface area contributed by atoms with Gasteiger partial charge in [-0.1, -0.05) is 6.07 Å². The minimum atomic E-state index is -0.578. The van der Waals surface area contributed by atoms with Crippen molar-refractivity contribution >= 4 is 11.9 Å². The third-order valence-electron chi connectivity index (χ3n) is 1.71. The fourth-order valence-corrected chi connectivity index (χ4v) is 1.02. The largest absolute Gasteiger partial charge is 0.337 e. The van der Waals surface area contributed by atoms with E-state index in [1.54, 1.807) is 6.92 Å². The predicted octanol–water partition coefficient (Wildman–Crippen LogP) is 0.790. The molecule has 0 saturated carbocycles. The molecule has 3 N–H and O–H groups in total. The average molecular weight is 225 g/mol. The number of amides is 3. The highest BCUT2D eigenvalue weighted by Crippen LogP contribution is 2.02. The smallest absolute Gasteiger partial charge is 0.333 e. The van der Waals surface area contributed by atoms with E-state index >= 15 is 0 Å². The van der Waals surface area contributed by atoms with Crippen LogP contribution in [0.15, 0.2) is 24.3 Å². The summed E-state index contributed by atoms with van der Waals surface area (Å²) in [5.74, 6) is -1.09. The zero-order valence-electron chi connectivity index (χ0n) is 8.71. The quantitative estimate of drug-likeness (QED) is 0.651.